The lowest BCUT2D eigenvalue weighted by Gasteiger charge is -2.35. The number of aromatic nitrogens is 6. The normalized spacial score (nSPS) is 18.6. The Morgan fingerprint density at radius 2 is 1.08 bits per heavy atom. The zero-order valence-corrected chi connectivity index (χ0v) is 47.1. The molecule has 4 aromatic heterocycles. The number of halogens is 3. The highest BCUT2D eigenvalue weighted by molar-refractivity contribution is 7.92. The molecular weight excluding hydrogens is 1090 g/mol. The first-order chi connectivity index (χ1) is 36.7. The number of carbonyl (C=O) groups is 2. The molecule has 0 radical (unpaired) electrons. The fourth-order valence-corrected chi connectivity index (χ4v) is 11.7. The van der Waals surface area contributed by atoms with E-state index >= 15 is 0 Å². The van der Waals surface area contributed by atoms with Crippen LogP contribution in [0.3, 0.4) is 0 Å². The summed E-state index contributed by atoms with van der Waals surface area (Å²) < 4.78 is 55.6. The molecule has 4 saturated heterocycles. The monoisotopic (exact) mass is 1150 g/mol. The third kappa shape index (κ3) is 14.3. The van der Waals surface area contributed by atoms with Crippen LogP contribution in [-0.4, -0.2) is 119 Å². The molecule has 6 aromatic rings. The predicted molar refractivity (Wildman–Crippen MR) is 297 cm³/mol. The van der Waals surface area contributed by atoms with E-state index in [1.807, 2.05) is 32.2 Å². The number of benzene rings is 2. The van der Waals surface area contributed by atoms with Crippen LogP contribution in [0.1, 0.15) is 120 Å². The maximum atomic E-state index is 13.8. The predicted octanol–water partition coefficient (Wildman–Crippen LogP) is 8.76. The van der Waals surface area contributed by atoms with Crippen LogP contribution in [0.5, 0.6) is 0 Å². The quantitative estimate of drug-likeness (QED) is 0.114. The average molecular weight is 1150 g/mol. The van der Waals surface area contributed by atoms with Crippen molar-refractivity contribution in [3.63, 3.8) is 0 Å². The number of carbonyl (C=O) groups excluding carboxylic acids is 2. The Morgan fingerprint density at radius 3 is 1.53 bits per heavy atom. The van der Waals surface area contributed by atoms with E-state index in [0.29, 0.717) is 51.2 Å². The Balaban J connectivity index is 0.000000180. The lowest BCUT2D eigenvalue weighted by Crippen LogP contribution is -2.39. The number of nitrogens with zero attached hydrogens (tertiary/aromatic N) is 11. The zero-order valence-electron chi connectivity index (χ0n) is 43.2. The standard InChI is InChI=1S/C26H30ClN7O3S.C20H21Cl2N5O3S.C6H10N2/c1-17-16-34-24(29-25(17)32-11-8-18(15-28)9-12-32)14-22(30-34)23-5-3-4-10-33(23)26(35)20-13-19(27)6-7-21(20)31-38(2,36)37;1-12-11-27-18(23-19(12)22)10-16(24-27)17-5-3-4-8-26(17)20(28)14-9-13(21)6-7-15(14)25-31(2,29)30;7-5-6-1-3-8-4-2-6/h6-7,13-14,16,18,23,31H,3-5,8-12H2,1-2H3;6-7,9-11,17,25H,3-5,8H2,1-2H3;6,8H,1-4H2/t23-;17-;/m00./s1. The van der Waals surface area contributed by atoms with Crippen LogP contribution in [0, 0.1) is 48.3 Å². The highest BCUT2D eigenvalue weighted by Crippen LogP contribution is 2.37. The van der Waals surface area contributed by atoms with Crippen molar-refractivity contribution in [3.8, 4) is 12.1 Å². The van der Waals surface area contributed by atoms with E-state index in [9.17, 15) is 31.7 Å². The van der Waals surface area contributed by atoms with Gasteiger partial charge in [0.2, 0.25) is 20.0 Å². The number of rotatable bonds is 9. The highest BCUT2D eigenvalue weighted by atomic mass is 35.5. The number of aryl methyl sites for hydroxylation is 2. The number of nitrogens with one attached hydrogen (secondary N) is 3. The molecule has 20 nitrogen and oxygen atoms in total. The number of likely N-dealkylation sites (tertiary alicyclic amines) is 2. The Hall–Kier alpha value is -6.27. The van der Waals surface area contributed by atoms with Crippen LogP contribution in [0.4, 0.5) is 17.2 Å². The molecule has 0 aliphatic carbocycles. The molecule has 0 spiro atoms. The van der Waals surface area contributed by atoms with Gasteiger partial charge in [-0.25, -0.2) is 35.8 Å². The van der Waals surface area contributed by atoms with Gasteiger partial charge in [0.05, 0.1) is 70.6 Å². The largest absolute Gasteiger partial charge is 0.356 e. The number of anilines is 3. The minimum absolute atomic E-state index is 0.0966. The molecular formula is C52H61Cl3N14O6S2. The van der Waals surface area contributed by atoms with Gasteiger partial charge in [0.25, 0.3) is 11.8 Å². The summed E-state index contributed by atoms with van der Waals surface area (Å²) in [6.45, 7) is 8.53. The van der Waals surface area contributed by atoms with E-state index in [-0.39, 0.29) is 52.3 Å². The summed E-state index contributed by atoms with van der Waals surface area (Å²) in [6, 6.07) is 16.9. The molecule has 77 heavy (non-hydrogen) atoms. The molecule has 0 unspecified atom stereocenters. The molecule has 408 valence electrons. The van der Waals surface area contributed by atoms with Crippen molar-refractivity contribution in [2.45, 2.75) is 90.1 Å². The third-order valence-corrected chi connectivity index (χ3v) is 16.0. The van der Waals surface area contributed by atoms with E-state index in [2.05, 4.69) is 41.9 Å². The molecule has 8 heterocycles. The van der Waals surface area contributed by atoms with Crippen molar-refractivity contribution < 1.29 is 26.4 Å². The van der Waals surface area contributed by atoms with Crippen molar-refractivity contribution in [2.24, 2.45) is 11.8 Å². The van der Waals surface area contributed by atoms with Crippen LogP contribution in [0.2, 0.25) is 15.2 Å². The molecule has 2 aromatic carbocycles. The van der Waals surface area contributed by atoms with Crippen LogP contribution in [0.25, 0.3) is 11.3 Å². The summed E-state index contributed by atoms with van der Waals surface area (Å²) in [6.07, 6.45) is 14.6. The van der Waals surface area contributed by atoms with Gasteiger partial charge < -0.3 is 20.0 Å². The first kappa shape index (κ1) is 56.9. The van der Waals surface area contributed by atoms with E-state index in [1.165, 1.54) is 24.3 Å². The van der Waals surface area contributed by atoms with Gasteiger partial charge in [-0.05, 0) is 128 Å². The van der Waals surface area contributed by atoms with Crippen molar-refractivity contribution >= 4 is 95.2 Å². The lowest BCUT2D eigenvalue weighted by molar-refractivity contribution is 0.0600. The topological polar surface area (TPSA) is 256 Å². The lowest BCUT2D eigenvalue weighted by atomic mass is 9.98. The Kier molecular flexibility index (Phi) is 18.2. The molecule has 2 atom stereocenters. The molecule has 0 bridgehead atoms. The molecule has 2 amide bonds. The molecule has 3 N–H and O–H groups in total. The van der Waals surface area contributed by atoms with Gasteiger partial charge in [0.15, 0.2) is 11.3 Å². The van der Waals surface area contributed by atoms with Gasteiger partial charge in [0.1, 0.15) is 11.0 Å². The van der Waals surface area contributed by atoms with E-state index in [4.69, 9.17) is 50.1 Å². The van der Waals surface area contributed by atoms with Gasteiger partial charge in [-0.15, -0.1) is 0 Å². The fraction of sp³-hybridized carbons (Fsp3) is 0.462. The van der Waals surface area contributed by atoms with Crippen molar-refractivity contribution in [3.05, 3.63) is 110 Å². The third-order valence-electron chi connectivity index (χ3n) is 13.9. The van der Waals surface area contributed by atoms with Crippen molar-refractivity contribution in [1.29, 1.82) is 10.5 Å². The van der Waals surface area contributed by atoms with Gasteiger partial charge in [-0.2, -0.15) is 20.7 Å². The summed E-state index contributed by atoms with van der Waals surface area (Å²) in [5.74, 6) is 0.714. The number of hydrogen-bond acceptors (Lipinski definition) is 14. The minimum atomic E-state index is -3.59. The highest BCUT2D eigenvalue weighted by Gasteiger charge is 2.34. The first-order valence-corrected chi connectivity index (χ1v) is 30.4. The second-order valence-electron chi connectivity index (χ2n) is 19.9. The molecule has 10 rings (SSSR count). The number of nitriles is 2. The SMILES string of the molecule is Cc1cn2nc([C@@H]3CCCCN3C(=O)c3cc(Cl)ccc3NS(C)(=O)=O)cc2nc1Cl.Cc1cn2nc([C@@H]3CCCCN3C(=O)c3cc(Cl)ccc3NS(C)(=O)=O)cc2nc1N1CCC(C#N)CC1.N#CC1CCNCC1. The Bertz CT molecular complexity index is 3440. The van der Waals surface area contributed by atoms with Crippen molar-refractivity contribution in [1.82, 2.24) is 44.3 Å². The maximum absolute atomic E-state index is 13.8. The van der Waals surface area contributed by atoms with Gasteiger partial charge in [0, 0.05) is 83.7 Å². The number of hydrogen-bond donors (Lipinski definition) is 3. The summed E-state index contributed by atoms with van der Waals surface area (Å²) >= 11 is 18.5. The van der Waals surface area contributed by atoms with E-state index in [0.717, 1.165) is 126 Å². The molecule has 25 heteroatoms. The first-order valence-electron chi connectivity index (χ1n) is 25.5. The van der Waals surface area contributed by atoms with E-state index < -0.39 is 20.0 Å². The molecule has 4 aliphatic rings. The van der Waals surface area contributed by atoms with E-state index in [1.54, 1.807) is 37.2 Å². The molecule has 4 fully saturated rings. The smallest absolute Gasteiger partial charge is 0.256 e. The number of amides is 2. The van der Waals surface area contributed by atoms with Gasteiger partial charge >= 0.3 is 0 Å². The molecule has 0 saturated carbocycles. The van der Waals surface area contributed by atoms with Crippen LogP contribution in [-0.2, 0) is 20.0 Å². The minimum Gasteiger partial charge on any atom is -0.356 e. The Labute approximate surface area is 463 Å². The van der Waals surface area contributed by atoms with Crippen LogP contribution >= 0.6 is 34.8 Å². The Morgan fingerprint density at radius 1 is 0.623 bits per heavy atom. The molecule has 4 aliphatic heterocycles. The average Bonchev–Trinajstić information content (AvgIpc) is 4.04. The summed E-state index contributed by atoms with van der Waals surface area (Å²) in [7, 11) is -7.16. The second kappa shape index (κ2) is 24.6. The summed E-state index contributed by atoms with van der Waals surface area (Å²) in [4.78, 5) is 42.3. The number of sulfonamides is 2. The number of fused-ring (bicyclic) bond motifs is 2. The van der Waals surface area contributed by atoms with Crippen LogP contribution in [0.15, 0.2) is 60.9 Å². The van der Waals surface area contributed by atoms with Gasteiger partial charge in [-0.3, -0.25) is 19.0 Å². The maximum Gasteiger partial charge on any atom is 0.256 e. The summed E-state index contributed by atoms with van der Waals surface area (Å²) in [5, 5.41) is 31.4. The fourth-order valence-electron chi connectivity index (χ4n) is 10.1. The van der Waals surface area contributed by atoms with Crippen molar-refractivity contribution in [2.75, 3.05) is 66.1 Å². The second-order valence-corrected chi connectivity index (χ2v) is 24.6. The van der Waals surface area contributed by atoms with Crippen LogP contribution < -0.4 is 19.7 Å². The van der Waals surface area contributed by atoms with Gasteiger partial charge in [-0.1, -0.05) is 34.8 Å². The summed E-state index contributed by atoms with van der Waals surface area (Å²) in [5.41, 5.74) is 5.34. The number of piperidine rings is 4. The zero-order chi connectivity index (χ0) is 55.2.